The average Bonchev–Trinajstić information content (AvgIpc) is 3.06. The molecular weight excluding hydrogens is 262 g/mol. The summed E-state index contributed by atoms with van der Waals surface area (Å²) in [5, 5.41) is 6.00. The summed E-state index contributed by atoms with van der Waals surface area (Å²) in [6, 6.07) is 3.96. The van der Waals surface area contributed by atoms with Crippen LogP contribution in [0.4, 0.5) is 0 Å². The van der Waals surface area contributed by atoms with E-state index in [0.717, 1.165) is 22.6 Å². The number of thiophene rings is 1. The van der Waals surface area contributed by atoms with Crippen LogP contribution in [-0.4, -0.2) is 22.5 Å². The van der Waals surface area contributed by atoms with Gasteiger partial charge >= 0.3 is 0 Å². The van der Waals surface area contributed by atoms with Crippen molar-refractivity contribution in [3.63, 3.8) is 0 Å². The number of carbonyl (C=O) groups is 1. The summed E-state index contributed by atoms with van der Waals surface area (Å²) in [6.07, 6.45) is 1.21. The molecule has 2 aromatic rings. The van der Waals surface area contributed by atoms with Crippen LogP contribution in [0.15, 0.2) is 22.0 Å². The zero-order valence-corrected chi connectivity index (χ0v) is 11.3. The average molecular weight is 277 g/mol. The summed E-state index contributed by atoms with van der Waals surface area (Å²) in [4.78, 5) is 15.2. The molecule has 0 aliphatic carbocycles. The number of nitrogens with zero attached hydrogens (tertiary/aromatic N) is 2. The van der Waals surface area contributed by atoms with Crippen LogP contribution in [0.2, 0.25) is 0 Å². The Morgan fingerprint density at radius 3 is 3.21 bits per heavy atom. The van der Waals surface area contributed by atoms with E-state index in [2.05, 4.69) is 5.16 Å². The number of aromatic nitrogens is 1. The summed E-state index contributed by atoms with van der Waals surface area (Å²) in [5.41, 5.74) is 7.55. The monoisotopic (exact) mass is 277 g/mol. The van der Waals surface area contributed by atoms with Crippen LogP contribution >= 0.6 is 11.3 Å². The van der Waals surface area contributed by atoms with Gasteiger partial charge in [-0.2, -0.15) is 0 Å². The predicted octanol–water partition coefficient (Wildman–Crippen LogP) is 1.32. The van der Waals surface area contributed by atoms with E-state index in [1.165, 1.54) is 0 Å². The van der Waals surface area contributed by atoms with Crippen molar-refractivity contribution in [2.75, 3.05) is 6.54 Å². The van der Waals surface area contributed by atoms with Gasteiger partial charge in [0.05, 0.1) is 25.2 Å². The Hall–Kier alpha value is -1.66. The standard InChI is InChI=1S/C13H15N3O2S/c14-7-12-10-8-16(4-3-11(10)15-18-12)13(17)6-9-2-1-5-19-9/h1-2,5H,3-4,6-8,14H2. The fourth-order valence-electron chi connectivity index (χ4n) is 2.32. The first-order valence-electron chi connectivity index (χ1n) is 6.24. The molecule has 0 bridgehead atoms. The molecule has 1 amide bonds. The largest absolute Gasteiger partial charge is 0.359 e. The Labute approximate surface area is 115 Å². The van der Waals surface area contributed by atoms with Crippen molar-refractivity contribution in [3.05, 3.63) is 39.4 Å². The highest BCUT2D eigenvalue weighted by molar-refractivity contribution is 7.10. The second-order valence-electron chi connectivity index (χ2n) is 4.56. The quantitative estimate of drug-likeness (QED) is 0.918. The van der Waals surface area contributed by atoms with Crippen LogP contribution in [0.1, 0.15) is 21.9 Å². The molecule has 0 spiro atoms. The van der Waals surface area contributed by atoms with E-state index in [-0.39, 0.29) is 5.91 Å². The van der Waals surface area contributed by atoms with Crippen molar-refractivity contribution in [1.29, 1.82) is 0 Å². The van der Waals surface area contributed by atoms with Crippen molar-refractivity contribution in [1.82, 2.24) is 10.1 Å². The zero-order chi connectivity index (χ0) is 13.2. The van der Waals surface area contributed by atoms with Gasteiger partial charge in [0.25, 0.3) is 0 Å². The number of hydrogen-bond acceptors (Lipinski definition) is 5. The van der Waals surface area contributed by atoms with E-state index < -0.39 is 0 Å². The molecule has 0 fully saturated rings. The van der Waals surface area contributed by atoms with Gasteiger partial charge in [-0.3, -0.25) is 4.79 Å². The van der Waals surface area contributed by atoms with Gasteiger partial charge in [-0.1, -0.05) is 11.2 Å². The smallest absolute Gasteiger partial charge is 0.228 e. The molecule has 0 atom stereocenters. The van der Waals surface area contributed by atoms with E-state index in [1.807, 2.05) is 22.4 Å². The lowest BCUT2D eigenvalue weighted by Gasteiger charge is -2.26. The van der Waals surface area contributed by atoms with Crippen LogP contribution in [0, 0.1) is 0 Å². The Kier molecular flexibility index (Phi) is 3.35. The Morgan fingerprint density at radius 2 is 2.47 bits per heavy atom. The van der Waals surface area contributed by atoms with Crippen molar-refractivity contribution in [2.24, 2.45) is 5.73 Å². The molecule has 100 valence electrons. The van der Waals surface area contributed by atoms with E-state index in [9.17, 15) is 4.79 Å². The maximum absolute atomic E-state index is 12.2. The van der Waals surface area contributed by atoms with E-state index in [1.54, 1.807) is 11.3 Å². The summed E-state index contributed by atoms with van der Waals surface area (Å²) in [5.74, 6) is 0.848. The molecule has 1 aliphatic rings. The maximum atomic E-state index is 12.2. The number of fused-ring (bicyclic) bond motifs is 1. The lowest BCUT2D eigenvalue weighted by atomic mass is 10.1. The van der Waals surface area contributed by atoms with E-state index >= 15 is 0 Å². The van der Waals surface area contributed by atoms with Crippen LogP contribution in [0.25, 0.3) is 0 Å². The van der Waals surface area contributed by atoms with Crippen molar-refractivity contribution < 1.29 is 9.32 Å². The second-order valence-corrected chi connectivity index (χ2v) is 5.59. The first-order chi connectivity index (χ1) is 9.28. The van der Waals surface area contributed by atoms with Crippen LogP contribution in [-0.2, 0) is 30.7 Å². The lowest BCUT2D eigenvalue weighted by Crippen LogP contribution is -2.37. The maximum Gasteiger partial charge on any atom is 0.228 e. The normalized spacial score (nSPS) is 14.5. The Morgan fingerprint density at radius 1 is 1.58 bits per heavy atom. The first kappa shape index (κ1) is 12.4. The van der Waals surface area contributed by atoms with Gasteiger partial charge in [0.2, 0.25) is 5.91 Å². The van der Waals surface area contributed by atoms with Crippen LogP contribution in [0.5, 0.6) is 0 Å². The summed E-state index contributed by atoms with van der Waals surface area (Å²) in [7, 11) is 0. The molecule has 0 saturated carbocycles. The molecule has 3 rings (SSSR count). The van der Waals surface area contributed by atoms with Crippen LogP contribution < -0.4 is 5.73 Å². The molecule has 0 radical (unpaired) electrons. The fraction of sp³-hybridized carbons (Fsp3) is 0.385. The number of amides is 1. The molecule has 0 unspecified atom stereocenters. The van der Waals surface area contributed by atoms with Crippen molar-refractivity contribution in [2.45, 2.75) is 25.9 Å². The van der Waals surface area contributed by atoms with Gasteiger partial charge in [0.15, 0.2) is 5.76 Å². The van der Waals surface area contributed by atoms with Gasteiger partial charge < -0.3 is 15.2 Å². The second kappa shape index (κ2) is 5.14. The van der Waals surface area contributed by atoms with E-state index in [4.69, 9.17) is 10.3 Å². The van der Waals surface area contributed by atoms with Gasteiger partial charge in [-0.25, -0.2) is 0 Å². The number of carbonyl (C=O) groups excluding carboxylic acids is 1. The molecule has 5 nitrogen and oxygen atoms in total. The van der Waals surface area contributed by atoms with Crippen molar-refractivity contribution in [3.8, 4) is 0 Å². The molecule has 0 aromatic carbocycles. The molecule has 2 N–H and O–H groups in total. The highest BCUT2D eigenvalue weighted by atomic mass is 32.1. The topological polar surface area (TPSA) is 72.4 Å². The molecule has 6 heteroatoms. The molecule has 0 saturated heterocycles. The highest BCUT2D eigenvalue weighted by Crippen LogP contribution is 2.22. The third-order valence-electron chi connectivity index (χ3n) is 3.36. The van der Waals surface area contributed by atoms with Gasteiger partial charge in [-0.15, -0.1) is 11.3 Å². The highest BCUT2D eigenvalue weighted by Gasteiger charge is 2.26. The number of hydrogen-bond donors (Lipinski definition) is 1. The Bertz CT molecular complexity index is 563. The third-order valence-corrected chi connectivity index (χ3v) is 4.24. The Balaban J connectivity index is 1.72. The minimum Gasteiger partial charge on any atom is -0.359 e. The first-order valence-corrected chi connectivity index (χ1v) is 7.12. The molecule has 3 heterocycles. The summed E-state index contributed by atoms with van der Waals surface area (Å²) >= 11 is 1.61. The molecule has 1 aliphatic heterocycles. The van der Waals surface area contributed by atoms with E-state index in [0.29, 0.717) is 31.8 Å². The van der Waals surface area contributed by atoms with Gasteiger partial charge in [0.1, 0.15) is 0 Å². The molecule has 19 heavy (non-hydrogen) atoms. The third kappa shape index (κ3) is 2.41. The zero-order valence-electron chi connectivity index (χ0n) is 10.5. The number of nitrogens with two attached hydrogens (primary N) is 1. The number of rotatable bonds is 3. The van der Waals surface area contributed by atoms with Crippen LogP contribution in [0.3, 0.4) is 0 Å². The lowest BCUT2D eigenvalue weighted by molar-refractivity contribution is -0.131. The van der Waals surface area contributed by atoms with Gasteiger partial charge in [-0.05, 0) is 11.4 Å². The SMILES string of the molecule is NCc1onc2c1CN(C(=O)Cc1cccs1)CC2. The summed E-state index contributed by atoms with van der Waals surface area (Å²) < 4.78 is 5.19. The predicted molar refractivity (Wildman–Crippen MR) is 71.5 cm³/mol. The minimum atomic E-state index is 0.150. The molecule has 2 aromatic heterocycles. The minimum absolute atomic E-state index is 0.150. The van der Waals surface area contributed by atoms with Crippen molar-refractivity contribution >= 4 is 17.2 Å². The molecular formula is C13H15N3O2S. The summed E-state index contributed by atoms with van der Waals surface area (Å²) in [6.45, 7) is 1.60. The fourth-order valence-corrected chi connectivity index (χ4v) is 3.01. The van der Waals surface area contributed by atoms with Gasteiger partial charge in [0, 0.05) is 23.4 Å².